The Morgan fingerprint density at radius 1 is 0.717 bits per heavy atom. The number of benzene rings is 4. The summed E-state index contributed by atoms with van der Waals surface area (Å²) in [5, 5.41) is 7.26. The van der Waals surface area contributed by atoms with Gasteiger partial charge in [-0.3, -0.25) is 4.68 Å². The topological polar surface area (TPSA) is 44.9 Å². The molecule has 0 saturated carbocycles. The zero-order chi connectivity index (χ0) is 31.2. The van der Waals surface area contributed by atoms with Crippen LogP contribution in [0, 0.1) is 39.8 Å². The number of rotatable bonds is 7. The molecule has 5 nitrogen and oxygen atoms in total. The van der Waals surface area contributed by atoms with Gasteiger partial charge in [0.15, 0.2) is 0 Å². The van der Waals surface area contributed by atoms with Crippen molar-refractivity contribution in [3.05, 3.63) is 131 Å². The minimum atomic E-state index is 0. The Labute approximate surface area is 284 Å². The van der Waals surface area contributed by atoms with Gasteiger partial charge in [-0.15, -0.1) is 35.7 Å². The summed E-state index contributed by atoms with van der Waals surface area (Å²) in [6, 6.07) is 34.2. The molecule has 232 valence electrons. The van der Waals surface area contributed by atoms with E-state index in [0.29, 0.717) is 11.5 Å². The molecule has 7 rings (SSSR count). The Bertz CT molecular complexity index is 2200. The van der Waals surface area contributed by atoms with Crippen LogP contribution in [0.5, 0.6) is 11.5 Å². The number of nitrogens with zero attached hydrogens (tertiary/aromatic N) is 4. The van der Waals surface area contributed by atoms with E-state index in [1.807, 2.05) is 41.2 Å². The largest absolute Gasteiger partial charge is 2.00 e. The van der Waals surface area contributed by atoms with E-state index in [4.69, 9.17) is 14.8 Å². The first kappa shape index (κ1) is 31.5. The smallest absolute Gasteiger partial charge is 0.509 e. The molecule has 0 aliphatic rings. The molecule has 7 aromatic rings. The molecule has 0 aliphatic heterocycles. The van der Waals surface area contributed by atoms with E-state index in [0.717, 1.165) is 63.1 Å². The van der Waals surface area contributed by atoms with Crippen LogP contribution in [-0.2, 0) is 33.3 Å². The molecule has 0 radical (unpaired) electrons. The molecular formula is C40H36N4OPd. The van der Waals surface area contributed by atoms with Crippen molar-refractivity contribution in [2.24, 2.45) is 0 Å². The van der Waals surface area contributed by atoms with E-state index in [-0.39, 0.29) is 20.4 Å². The van der Waals surface area contributed by atoms with Crippen molar-refractivity contribution < 1.29 is 25.2 Å². The van der Waals surface area contributed by atoms with E-state index in [1.165, 1.54) is 27.8 Å². The number of para-hydroxylation sites is 1. The maximum absolute atomic E-state index is 6.42. The van der Waals surface area contributed by atoms with Gasteiger partial charge in [0, 0.05) is 34.5 Å². The number of pyridine rings is 1. The van der Waals surface area contributed by atoms with Gasteiger partial charge in [0.1, 0.15) is 5.82 Å². The predicted molar refractivity (Wildman–Crippen MR) is 183 cm³/mol. The van der Waals surface area contributed by atoms with Gasteiger partial charge in [-0.1, -0.05) is 55.3 Å². The monoisotopic (exact) mass is 694 g/mol. The zero-order valence-corrected chi connectivity index (χ0v) is 28.6. The average molecular weight is 695 g/mol. The van der Waals surface area contributed by atoms with Gasteiger partial charge in [0.25, 0.3) is 0 Å². The Hall–Kier alpha value is -4.50. The summed E-state index contributed by atoms with van der Waals surface area (Å²) in [5.74, 6) is 2.07. The SMILES string of the molecule is CCc1cc(C)cc(CC)c1-c1c(C)nn(-c2[c-]c(Oc3[c-]c4c(cc3)c3ccccc3n4-c3cc(C)ccn3)ccc2)c1C.[Pd+2]. The molecule has 46 heavy (non-hydrogen) atoms. The van der Waals surface area contributed by atoms with Crippen LogP contribution >= 0.6 is 0 Å². The van der Waals surface area contributed by atoms with Gasteiger partial charge in [-0.25, -0.2) is 4.98 Å². The third-order valence-electron chi connectivity index (χ3n) is 8.64. The molecule has 6 heteroatoms. The first-order chi connectivity index (χ1) is 21.9. The van der Waals surface area contributed by atoms with Crippen molar-refractivity contribution in [2.75, 3.05) is 0 Å². The minimum absolute atomic E-state index is 0. The third-order valence-corrected chi connectivity index (χ3v) is 8.64. The van der Waals surface area contributed by atoms with Crippen LogP contribution in [0.25, 0.3) is 44.4 Å². The Morgan fingerprint density at radius 2 is 1.46 bits per heavy atom. The first-order valence-electron chi connectivity index (χ1n) is 15.6. The summed E-state index contributed by atoms with van der Waals surface area (Å²) in [5.41, 5.74) is 12.7. The third kappa shape index (κ3) is 5.47. The van der Waals surface area contributed by atoms with Crippen molar-refractivity contribution in [2.45, 2.75) is 54.4 Å². The van der Waals surface area contributed by atoms with Crippen LogP contribution in [0.2, 0.25) is 0 Å². The molecule has 0 fully saturated rings. The van der Waals surface area contributed by atoms with Crippen LogP contribution in [0.3, 0.4) is 0 Å². The Kier molecular flexibility index (Phi) is 8.70. The van der Waals surface area contributed by atoms with Crippen LogP contribution in [0.4, 0.5) is 0 Å². The van der Waals surface area contributed by atoms with E-state index in [1.54, 1.807) is 0 Å². The molecule has 0 amide bonds. The summed E-state index contributed by atoms with van der Waals surface area (Å²) in [7, 11) is 0. The number of ether oxygens (including phenoxy) is 1. The van der Waals surface area contributed by atoms with Crippen LogP contribution in [-0.4, -0.2) is 19.3 Å². The quantitative estimate of drug-likeness (QED) is 0.123. The molecule has 0 unspecified atom stereocenters. The normalized spacial score (nSPS) is 11.3. The summed E-state index contributed by atoms with van der Waals surface area (Å²) in [6.07, 6.45) is 3.80. The zero-order valence-electron chi connectivity index (χ0n) is 27.0. The van der Waals surface area contributed by atoms with Gasteiger partial charge < -0.3 is 9.30 Å². The van der Waals surface area contributed by atoms with Crippen molar-refractivity contribution >= 4 is 21.8 Å². The fourth-order valence-corrected chi connectivity index (χ4v) is 6.61. The molecule has 3 heterocycles. The van der Waals surface area contributed by atoms with Crippen LogP contribution in [0.1, 0.15) is 47.5 Å². The standard InChI is InChI=1S/C40H36N4O.Pd/c1-7-29-20-26(4)21-30(8-2)40(29)39-27(5)42-44(28(39)6)31-12-11-13-32(23-31)45-33-16-17-35-34-14-9-10-15-36(34)43(37(35)24-33)38-22-25(3)18-19-41-38;/h9-22H,7-8H2,1-6H3;/q-2;+2. The first-order valence-corrected chi connectivity index (χ1v) is 15.6. The van der Waals surface area contributed by atoms with Gasteiger partial charge in [-0.05, 0) is 92.1 Å². The average Bonchev–Trinajstić information content (AvgIpc) is 3.53. The van der Waals surface area contributed by atoms with Crippen molar-refractivity contribution in [3.8, 4) is 34.1 Å². The number of hydrogen-bond acceptors (Lipinski definition) is 3. The van der Waals surface area contributed by atoms with Gasteiger partial charge in [0.05, 0.1) is 5.69 Å². The molecule has 0 saturated heterocycles. The summed E-state index contributed by atoms with van der Waals surface area (Å²) < 4.78 is 10.6. The minimum Gasteiger partial charge on any atom is -0.509 e. The maximum Gasteiger partial charge on any atom is 2.00 e. The molecule has 0 aliphatic carbocycles. The second kappa shape index (κ2) is 12.7. The number of hydrogen-bond donors (Lipinski definition) is 0. The van der Waals surface area contributed by atoms with E-state index in [9.17, 15) is 0 Å². The molecular weight excluding hydrogens is 659 g/mol. The fraction of sp³-hybridized carbons (Fsp3) is 0.200. The van der Waals surface area contributed by atoms with E-state index in [2.05, 4.69) is 107 Å². The Balaban J connectivity index is 0.00000372. The van der Waals surface area contributed by atoms with Crippen molar-refractivity contribution in [3.63, 3.8) is 0 Å². The predicted octanol–water partition coefficient (Wildman–Crippen LogP) is 9.78. The van der Waals surface area contributed by atoms with Crippen molar-refractivity contribution in [1.82, 2.24) is 19.3 Å². The number of aryl methyl sites for hydroxylation is 5. The molecule has 4 aromatic carbocycles. The molecule has 0 atom stereocenters. The fourth-order valence-electron chi connectivity index (χ4n) is 6.61. The second-order valence-corrected chi connectivity index (χ2v) is 11.8. The maximum atomic E-state index is 6.42. The number of fused-ring (bicyclic) bond motifs is 3. The van der Waals surface area contributed by atoms with E-state index < -0.39 is 0 Å². The summed E-state index contributed by atoms with van der Waals surface area (Å²) in [4.78, 5) is 4.69. The van der Waals surface area contributed by atoms with Gasteiger partial charge in [0.2, 0.25) is 0 Å². The summed E-state index contributed by atoms with van der Waals surface area (Å²) in [6.45, 7) is 13.0. The second-order valence-electron chi connectivity index (χ2n) is 11.8. The molecule has 0 N–H and O–H groups in total. The Morgan fingerprint density at radius 3 is 2.20 bits per heavy atom. The van der Waals surface area contributed by atoms with Crippen LogP contribution in [0.15, 0.2) is 85.1 Å². The number of aromatic nitrogens is 4. The van der Waals surface area contributed by atoms with E-state index >= 15 is 0 Å². The molecule has 0 bridgehead atoms. The van der Waals surface area contributed by atoms with Gasteiger partial charge in [-0.2, -0.15) is 17.2 Å². The molecule has 3 aromatic heterocycles. The van der Waals surface area contributed by atoms with Gasteiger partial charge >= 0.3 is 20.4 Å². The van der Waals surface area contributed by atoms with Crippen LogP contribution < -0.4 is 4.74 Å². The molecule has 0 spiro atoms. The summed E-state index contributed by atoms with van der Waals surface area (Å²) >= 11 is 0. The van der Waals surface area contributed by atoms with Crippen molar-refractivity contribution in [1.29, 1.82) is 0 Å².